The van der Waals surface area contributed by atoms with E-state index < -0.39 is 0 Å². The van der Waals surface area contributed by atoms with Crippen LogP contribution in [-0.2, 0) is 35.5 Å². The summed E-state index contributed by atoms with van der Waals surface area (Å²) < 4.78 is 11.2. The van der Waals surface area contributed by atoms with Crippen molar-refractivity contribution in [2.75, 3.05) is 6.61 Å². The first-order valence-corrected chi connectivity index (χ1v) is 9.89. The molecule has 140 valence electrons. The Hall–Kier alpha value is -2.50. The highest BCUT2D eigenvalue weighted by Gasteiger charge is 2.19. The van der Waals surface area contributed by atoms with Crippen LogP contribution < -0.4 is 0 Å². The Morgan fingerprint density at radius 2 is 1.59 bits per heavy atom. The average molecular weight is 381 g/mol. The molecule has 0 aliphatic rings. The van der Waals surface area contributed by atoms with Crippen molar-refractivity contribution in [1.29, 1.82) is 0 Å². The molecule has 5 heteroatoms. The molecule has 0 saturated heterocycles. The van der Waals surface area contributed by atoms with Crippen LogP contribution in [0.4, 0.5) is 0 Å². The van der Waals surface area contributed by atoms with Gasteiger partial charge in [-0.3, -0.25) is 0 Å². The van der Waals surface area contributed by atoms with Gasteiger partial charge in [-0.1, -0.05) is 67.6 Å². The second kappa shape index (κ2) is 10.00. The Kier molecular flexibility index (Phi) is 7.13. The summed E-state index contributed by atoms with van der Waals surface area (Å²) in [6.07, 6.45) is 1.45. The number of thiazole rings is 1. The number of hydrogen-bond donors (Lipinski definition) is 0. The number of carbonyl (C=O) groups is 1. The Labute approximate surface area is 163 Å². The molecular weight excluding hydrogens is 358 g/mol. The maximum Gasteiger partial charge on any atom is 0.358 e. The topological polar surface area (TPSA) is 48.4 Å². The molecule has 0 aliphatic carbocycles. The fourth-order valence-corrected chi connectivity index (χ4v) is 3.58. The SMILES string of the molecule is CCc1nc(C(=O)OCc2ccccc2)c(CCOCc2ccccc2)s1. The highest BCUT2D eigenvalue weighted by Crippen LogP contribution is 2.21. The third-order valence-electron chi connectivity index (χ3n) is 4.04. The molecule has 0 atom stereocenters. The minimum Gasteiger partial charge on any atom is -0.456 e. The Morgan fingerprint density at radius 1 is 0.963 bits per heavy atom. The van der Waals surface area contributed by atoms with Crippen molar-refractivity contribution in [2.45, 2.75) is 33.0 Å². The monoisotopic (exact) mass is 381 g/mol. The van der Waals surface area contributed by atoms with Crippen molar-refractivity contribution in [3.63, 3.8) is 0 Å². The van der Waals surface area contributed by atoms with Gasteiger partial charge in [0.2, 0.25) is 0 Å². The van der Waals surface area contributed by atoms with E-state index in [4.69, 9.17) is 9.47 Å². The van der Waals surface area contributed by atoms with Crippen molar-refractivity contribution in [3.8, 4) is 0 Å². The van der Waals surface area contributed by atoms with Gasteiger partial charge in [0.15, 0.2) is 5.69 Å². The summed E-state index contributed by atoms with van der Waals surface area (Å²) in [5.41, 5.74) is 2.53. The Balaban J connectivity index is 1.56. The predicted molar refractivity (Wildman–Crippen MR) is 107 cm³/mol. The molecule has 0 fully saturated rings. The number of hydrogen-bond acceptors (Lipinski definition) is 5. The molecule has 27 heavy (non-hydrogen) atoms. The number of aryl methyl sites for hydroxylation is 1. The third-order valence-corrected chi connectivity index (χ3v) is 5.29. The van der Waals surface area contributed by atoms with Gasteiger partial charge in [0.25, 0.3) is 0 Å². The molecule has 0 amide bonds. The van der Waals surface area contributed by atoms with Gasteiger partial charge >= 0.3 is 5.97 Å². The quantitative estimate of drug-likeness (QED) is 0.394. The fraction of sp³-hybridized carbons (Fsp3) is 0.273. The largest absolute Gasteiger partial charge is 0.456 e. The number of esters is 1. The molecule has 0 bridgehead atoms. The summed E-state index contributed by atoms with van der Waals surface area (Å²) >= 11 is 1.56. The first-order chi connectivity index (χ1) is 13.3. The van der Waals surface area contributed by atoms with E-state index in [-0.39, 0.29) is 12.6 Å². The molecule has 0 unspecified atom stereocenters. The molecule has 1 heterocycles. The van der Waals surface area contributed by atoms with Crippen molar-refractivity contribution in [1.82, 2.24) is 4.98 Å². The average Bonchev–Trinajstić information content (AvgIpc) is 3.14. The zero-order chi connectivity index (χ0) is 18.9. The van der Waals surface area contributed by atoms with E-state index in [1.165, 1.54) is 0 Å². The Bertz CT molecular complexity index is 847. The van der Waals surface area contributed by atoms with E-state index in [0.717, 1.165) is 27.4 Å². The van der Waals surface area contributed by atoms with E-state index in [2.05, 4.69) is 4.98 Å². The summed E-state index contributed by atoms with van der Waals surface area (Å²) in [5.74, 6) is -0.368. The first-order valence-electron chi connectivity index (χ1n) is 9.07. The van der Waals surface area contributed by atoms with Gasteiger partial charge in [0, 0.05) is 11.3 Å². The smallest absolute Gasteiger partial charge is 0.358 e. The number of rotatable bonds is 9. The lowest BCUT2D eigenvalue weighted by Gasteiger charge is -2.06. The number of ether oxygens (including phenoxy) is 2. The van der Waals surface area contributed by atoms with Gasteiger partial charge in [0.1, 0.15) is 6.61 Å². The van der Waals surface area contributed by atoms with Crippen molar-refractivity contribution < 1.29 is 14.3 Å². The molecule has 4 nitrogen and oxygen atoms in total. The highest BCUT2D eigenvalue weighted by molar-refractivity contribution is 7.11. The summed E-state index contributed by atoms with van der Waals surface area (Å²) in [6.45, 7) is 3.39. The van der Waals surface area contributed by atoms with Crippen LogP contribution in [0.15, 0.2) is 60.7 Å². The van der Waals surface area contributed by atoms with Crippen LogP contribution in [0.25, 0.3) is 0 Å². The summed E-state index contributed by atoms with van der Waals surface area (Å²) in [5, 5.41) is 0.944. The van der Waals surface area contributed by atoms with Gasteiger partial charge in [-0.05, 0) is 17.5 Å². The van der Waals surface area contributed by atoms with Gasteiger partial charge in [0.05, 0.1) is 18.2 Å². The fourth-order valence-electron chi connectivity index (χ4n) is 2.60. The van der Waals surface area contributed by atoms with E-state index in [9.17, 15) is 4.79 Å². The number of carbonyl (C=O) groups excluding carboxylic acids is 1. The van der Waals surface area contributed by atoms with E-state index in [0.29, 0.717) is 25.3 Å². The van der Waals surface area contributed by atoms with Crippen molar-refractivity contribution in [2.24, 2.45) is 0 Å². The van der Waals surface area contributed by atoms with Crippen LogP contribution in [0, 0.1) is 0 Å². The summed E-state index contributed by atoms with van der Waals surface area (Å²) in [6, 6.07) is 19.7. The van der Waals surface area contributed by atoms with Gasteiger partial charge in [-0.2, -0.15) is 0 Å². The van der Waals surface area contributed by atoms with Crippen LogP contribution in [-0.4, -0.2) is 17.6 Å². The lowest BCUT2D eigenvalue weighted by Crippen LogP contribution is -2.09. The molecule has 0 spiro atoms. The zero-order valence-corrected chi connectivity index (χ0v) is 16.2. The van der Waals surface area contributed by atoms with E-state index in [1.54, 1.807) is 11.3 Å². The lowest BCUT2D eigenvalue weighted by molar-refractivity contribution is 0.0464. The van der Waals surface area contributed by atoms with E-state index >= 15 is 0 Å². The number of nitrogens with zero attached hydrogens (tertiary/aromatic N) is 1. The Morgan fingerprint density at radius 3 is 2.22 bits per heavy atom. The summed E-state index contributed by atoms with van der Waals surface area (Å²) in [7, 11) is 0. The van der Waals surface area contributed by atoms with E-state index in [1.807, 2.05) is 67.6 Å². The first kappa shape index (κ1) is 19.3. The predicted octanol–water partition coefficient (Wildman–Crippen LogP) is 4.82. The zero-order valence-electron chi connectivity index (χ0n) is 15.4. The standard InChI is InChI=1S/C22H23NO3S/c1-2-20-23-21(22(24)26-16-18-11-7-4-8-12-18)19(27-20)13-14-25-15-17-9-5-3-6-10-17/h3-12H,2,13-16H2,1H3. The van der Waals surface area contributed by atoms with Crippen molar-refractivity contribution in [3.05, 3.63) is 87.4 Å². The van der Waals surface area contributed by atoms with Crippen LogP contribution >= 0.6 is 11.3 Å². The molecule has 0 saturated carbocycles. The molecule has 3 rings (SSSR count). The van der Waals surface area contributed by atoms with Gasteiger partial charge in [-0.25, -0.2) is 9.78 Å². The molecule has 1 aromatic heterocycles. The maximum absolute atomic E-state index is 12.5. The summed E-state index contributed by atoms with van der Waals surface area (Å²) in [4.78, 5) is 17.9. The van der Waals surface area contributed by atoms with Gasteiger partial charge < -0.3 is 9.47 Å². The minimum atomic E-state index is -0.368. The molecular formula is C22H23NO3S. The third kappa shape index (κ3) is 5.74. The normalized spacial score (nSPS) is 10.7. The maximum atomic E-state index is 12.5. The van der Waals surface area contributed by atoms with Crippen molar-refractivity contribution >= 4 is 17.3 Å². The van der Waals surface area contributed by atoms with Crippen LogP contribution in [0.2, 0.25) is 0 Å². The lowest BCUT2D eigenvalue weighted by atomic mass is 10.2. The molecule has 0 radical (unpaired) electrons. The second-order valence-corrected chi connectivity index (χ2v) is 7.25. The molecule has 0 N–H and O–H groups in total. The molecule has 2 aromatic carbocycles. The number of benzene rings is 2. The van der Waals surface area contributed by atoms with Crippen LogP contribution in [0.3, 0.4) is 0 Å². The second-order valence-electron chi connectivity index (χ2n) is 6.08. The van der Waals surface area contributed by atoms with Crippen LogP contribution in [0.1, 0.15) is 38.4 Å². The highest BCUT2D eigenvalue weighted by atomic mass is 32.1. The molecule has 0 aliphatic heterocycles. The number of aromatic nitrogens is 1. The molecule has 3 aromatic rings. The minimum absolute atomic E-state index is 0.253. The van der Waals surface area contributed by atoms with Crippen LogP contribution in [0.5, 0.6) is 0 Å². The van der Waals surface area contributed by atoms with Gasteiger partial charge in [-0.15, -0.1) is 11.3 Å².